The number of nitrogens with zero attached hydrogens (tertiary/aromatic N) is 3. The highest BCUT2D eigenvalue weighted by Crippen LogP contribution is 2.26. The van der Waals surface area contributed by atoms with E-state index in [4.69, 9.17) is 15.0 Å². The molecule has 0 spiro atoms. The van der Waals surface area contributed by atoms with E-state index < -0.39 is 30.6 Å². The van der Waals surface area contributed by atoms with Gasteiger partial charge in [0.25, 0.3) is 0 Å². The van der Waals surface area contributed by atoms with E-state index >= 15 is 0 Å². The van der Waals surface area contributed by atoms with E-state index in [1.807, 2.05) is 0 Å². The van der Waals surface area contributed by atoms with E-state index in [2.05, 4.69) is 10.0 Å². The summed E-state index contributed by atoms with van der Waals surface area (Å²) in [7, 11) is 1.37. The summed E-state index contributed by atoms with van der Waals surface area (Å²) in [6, 6.07) is -0.815. The Morgan fingerprint density at radius 3 is 2.71 bits per heavy atom. The average Bonchev–Trinajstić information content (AvgIpc) is 2.45. The lowest BCUT2D eigenvalue weighted by molar-refractivity contribution is -0.161. The molecule has 2 N–H and O–H groups in total. The van der Waals surface area contributed by atoms with Gasteiger partial charge >= 0.3 is 0 Å². The van der Waals surface area contributed by atoms with Crippen LogP contribution >= 0.6 is 0 Å². The molecule has 14 heavy (non-hydrogen) atoms. The van der Waals surface area contributed by atoms with Crippen LogP contribution in [0.1, 0.15) is 6.92 Å². The molecule has 1 saturated heterocycles. The predicted molar refractivity (Wildman–Crippen MR) is 46.3 cm³/mol. The van der Waals surface area contributed by atoms with Crippen LogP contribution < -0.4 is 0 Å². The Bertz CT molecular complexity index is 241. The molecule has 80 valence electrons. The van der Waals surface area contributed by atoms with Crippen LogP contribution in [0.2, 0.25) is 0 Å². The molecule has 1 heterocycles. The number of hydrogen-bond donors (Lipinski definition) is 2. The second kappa shape index (κ2) is 4.59. The molecule has 1 aliphatic heterocycles. The fourth-order valence-electron chi connectivity index (χ4n) is 1.46. The molecule has 0 aromatic carbocycles. The van der Waals surface area contributed by atoms with Crippen LogP contribution in [0.5, 0.6) is 0 Å². The van der Waals surface area contributed by atoms with Crippen molar-refractivity contribution in [2.24, 2.45) is 5.11 Å². The van der Waals surface area contributed by atoms with Crippen molar-refractivity contribution in [2.45, 2.75) is 37.6 Å². The number of rotatable bonds is 3. The number of aliphatic hydroxyl groups excluding tert-OH is 2. The number of azide groups is 1. The van der Waals surface area contributed by atoms with Crippen LogP contribution in [0, 0.1) is 0 Å². The highest BCUT2D eigenvalue weighted by molar-refractivity contribution is 4.94. The second-order valence-corrected chi connectivity index (χ2v) is 3.13. The average molecular weight is 203 g/mol. The summed E-state index contributed by atoms with van der Waals surface area (Å²) in [5.74, 6) is 0. The third-order valence-electron chi connectivity index (χ3n) is 2.15. The van der Waals surface area contributed by atoms with Crippen molar-refractivity contribution < 1.29 is 19.7 Å². The van der Waals surface area contributed by atoms with E-state index in [9.17, 15) is 10.2 Å². The molecular weight excluding hydrogens is 190 g/mol. The number of ether oxygens (including phenoxy) is 2. The van der Waals surface area contributed by atoms with Crippen molar-refractivity contribution in [1.29, 1.82) is 0 Å². The van der Waals surface area contributed by atoms with Gasteiger partial charge in [-0.25, -0.2) is 0 Å². The van der Waals surface area contributed by atoms with E-state index in [-0.39, 0.29) is 0 Å². The van der Waals surface area contributed by atoms with Gasteiger partial charge in [-0.3, -0.25) is 0 Å². The summed E-state index contributed by atoms with van der Waals surface area (Å²) >= 11 is 0. The summed E-state index contributed by atoms with van der Waals surface area (Å²) in [5, 5.41) is 22.2. The molecule has 0 amide bonds. The van der Waals surface area contributed by atoms with E-state index in [1.54, 1.807) is 0 Å². The zero-order valence-corrected chi connectivity index (χ0v) is 7.94. The lowest BCUT2D eigenvalue weighted by Gasteiger charge is -2.16. The third kappa shape index (κ3) is 1.97. The maximum absolute atomic E-state index is 9.57. The van der Waals surface area contributed by atoms with Crippen LogP contribution in [0.15, 0.2) is 5.11 Å². The minimum absolute atomic E-state index is 0.731. The summed E-state index contributed by atoms with van der Waals surface area (Å²) in [5.41, 5.74) is 8.27. The molecule has 0 aromatic rings. The van der Waals surface area contributed by atoms with Gasteiger partial charge in [-0.2, -0.15) is 0 Å². The first-order chi connectivity index (χ1) is 6.61. The Morgan fingerprint density at radius 1 is 1.64 bits per heavy atom. The summed E-state index contributed by atoms with van der Waals surface area (Å²) in [6.07, 6.45) is -3.47. The summed E-state index contributed by atoms with van der Waals surface area (Å²) < 4.78 is 9.98. The Kier molecular flexibility index (Phi) is 3.68. The van der Waals surface area contributed by atoms with Crippen LogP contribution in [-0.4, -0.2) is 48.0 Å². The van der Waals surface area contributed by atoms with Gasteiger partial charge in [-0.15, -0.1) is 0 Å². The molecular formula is C7H13N3O4. The standard InChI is InChI=1S/C7H13N3O4/c1-3(11)6-4(9-10-8)5(12)7(13-2)14-6/h3-7,11-12H,1-2H3. The largest absolute Gasteiger partial charge is 0.391 e. The first-order valence-corrected chi connectivity index (χ1v) is 4.20. The third-order valence-corrected chi connectivity index (χ3v) is 2.15. The second-order valence-electron chi connectivity index (χ2n) is 3.13. The van der Waals surface area contributed by atoms with Crippen LogP contribution in [0.25, 0.3) is 10.4 Å². The molecule has 1 aliphatic rings. The van der Waals surface area contributed by atoms with Crippen molar-refractivity contribution in [2.75, 3.05) is 7.11 Å². The van der Waals surface area contributed by atoms with E-state index in [0.29, 0.717) is 0 Å². The van der Waals surface area contributed by atoms with Gasteiger partial charge in [-0.05, 0) is 12.5 Å². The van der Waals surface area contributed by atoms with E-state index in [0.717, 1.165) is 0 Å². The highest BCUT2D eigenvalue weighted by atomic mass is 16.7. The van der Waals surface area contributed by atoms with Crippen LogP contribution in [0.3, 0.4) is 0 Å². The molecule has 0 aromatic heterocycles. The first kappa shape index (κ1) is 11.2. The van der Waals surface area contributed by atoms with Crippen LogP contribution in [-0.2, 0) is 9.47 Å². The monoisotopic (exact) mass is 203 g/mol. The highest BCUT2D eigenvalue weighted by Gasteiger charge is 2.45. The zero-order valence-electron chi connectivity index (χ0n) is 7.94. The minimum Gasteiger partial charge on any atom is -0.391 e. The Morgan fingerprint density at radius 2 is 2.29 bits per heavy atom. The Hall–Kier alpha value is -0.850. The number of hydrogen-bond acceptors (Lipinski definition) is 5. The molecule has 0 bridgehead atoms. The minimum atomic E-state index is -1.05. The topological polar surface area (TPSA) is 108 Å². The smallest absolute Gasteiger partial charge is 0.184 e. The van der Waals surface area contributed by atoms with Gasteiger partial charge in [0.05, 0.1) is 18.2 Å². The number of aliphatic hydroxyl groups is 2. The van der Waals surface area contributed by atoms with Gasteiger partial charge in [-0.1, -0.05) is 5.11 Å². The normalized spacial score (nSPS) is 39.1. The molecule has 5 atom stereocenters. The fourth-order valence-corrected chi connectivity index (χ4v) is 1.46. The lowest BCUT2D eigenvalue weighted by atomic mass is 10.1. The van der Waals surface area contributed by atoms with Crippen molar-refractivity contribution in [3.8, 4) is 0 Å². The van der Waals surface area contributed by atoms with Crippen molar-refractivity contribution in [3.05, 3.63) is 10.4 Å². The molecule has 0 saturated carbocycles. The molecule has 7 nitrogen and oxygen atoms in total. The fraction of sp³-hybridized carbons (Fsp3) is 1.00. The summed E-state index contributed by atoms with van der Waals surface area (Å²) in [4.78, 5) is 2.59. The quantitative estimate of drug-likeness (QED) is 0.375. The van der Waals surface area contributed by atoms with E-state index in [1.165, 1.54) is 14.0 Å². The maximum Gasteiger partial charge on any atom is 0.184 e. The van der Waals surface area contributed by atoms with Crippen molar-refractivity contribution in [1.82, 2.24) is 0 Å². The van der Waals surface area contributed by atoms with Gasteiger partial charge in [0, 0.05) is 12.0 Å². The molecule has 7 heteroatoms. The van der Waals surface area contributed by atoms with Gasteiger partial charge in [0.2, 0.25) is 0 Å². The Labute approximate surface area is 80.9 Å². The molecule has 0 aliphatic carbocycles. The SMILES string of the molecule is COC1OC(C(C)O)C(N=[N+]=[N-])C1O. The predicted octanol–water partition coefficient (Wildman–Crippen LogP) is -0.222. The first-order valence-electron chi connectivity index (χ1n) is 4.20. The van der Waals surface area contributed by atoms with Crippen LogP contribution in [0.4, 0.5) is 0 Å². The molecule has 1 rings (SSSR count). The van der Waals surface area contributed by atoms with Gasteiger partial charge in [0.1, 0.15) is 6.10 Å². The van der Waals surface area contributed by atoms with Gasteiger partial charge < -0.3 is 19.7 Å². The summed E-state index contributed by atoms with van der Waals surface area (Å²) in [6.45, 7) is 1.50. The lowest BCUT2D eigenvalue weighted by Crippen LogP contribution is -2.36. The molecule has 5 unspecified atom stereocenters. The van der Waals surface area contributed by atoms with Crippen molar-refractivity contribution >= 4 is 0 Å². The number of methoxy groups -OCH3 is 1. The Balaban J connectivity index is 2.81. The molecule has 0 radical (unpaired) electrons. The molecule has 1 fully saturated rings. The zero-order chi connectivity index (χ0) is 10.7. The maximum atomic E-state index is 9.57. The van der Waals surface area contributed by atoms with Gasteiger partial charge in [0.15, 0.2) is 6.29 Å². The van der Waals surface area contributed by atoms with Crippen molar-refractivity contribution in [3.63, 3.8) is 0 Å².